The zero-order valence-electron chi connectivity index (χ0n) is 9.78. The van der Waals surface area contributed by atoms with Crippen molar-refractivity contribution in [2.45, 2.75) is 20.3 Å². The summed E-state index contributed by atoms with van der Waals surface area (Å²) in [6, 6.07) is 1.92. The number of hydrogen-bond acceptors (Lipinski definition) is 4. The molecule has 0 aliphatic rings. The molecular weight excluding hydrogens is 236 g/mol. The molecule has 0 radical (unpaired) electrons. The molecule has 2 rings (SSSR count). The summed E-state index contributed by atoms with van der Waals surface area (Å²) in [5.74, 6) is 0.759. The molecule has 0 spiro atoms. The summed E-state index contributed by atoms with van der Waals surface area (Å²) in [4.78, 5) is 17.7. The van der Waals surface area contributed by atoms with Crippen LogP contribution in [0.4, 0.5) is 0 Å². The van der Waals surface area contributed by atoms with Crippen LogP contribution in [0.25, 0.3) is 0 Å². The van der Waals surface area contributed by atoms with Crippen molar-refractivity contribution in [2.24, 2.45) is 0 Å². The van der Waals surface area contributed by atoms with Crippen LogP contribution in [0, 0.1) is 13.8 Å². The number of H-pyrrole nitrogens is 1. The Morgan fingerprint density at radius 1 is 1.53 bits per heavy atom. The lowest BCUT2D eigenvalue weighted by Crippen LogP contribution is -2.25. The molecule has 17 heavy (non-hydrogen) atoms. The van der Waals surface area contributed by atoms with Gasteiger partial charge in [-0.1, -0.05) is 0 Å². The number of aryl methyl sites for hydroxylation is 2. The second-order valence-electron chi connectivity index (χ2n) is 3.79. The van der Waals surface area contributed by atoms with Crippen molar-refractivity contribution >= 4 is 17.2 Å². The van der Waals surface area contributed by atoms with Gasteiger partial charge in [0.05, 0.1) is 4.88 Å². The fraction of sp³-hybridized carbons (Fsp3) is 0.364. The smallest absolute Gasteiger partial charge is 0.261 e. The lowest BCUT2D eigenvalue weighted by atomic mass is 10.3. The van der Waals surface area contributed by atoms with Gasteiger partial charge in [-0.2, -0.15) is 5.10 Å². The zero-order chi connectivity index (χ0) is 12.3. The normalized spacial score (nSPS) is 10.5. The van der Waals surface area contributed by atoms with Crippen LogP contribution in [0.2, 0.25) is 0 Å². The third kappa shape index (κ3) is 2.91. The predicted octanol–water partition coefficient (Wildman–Crippen LogP) is 1.46. The van der Waals surface area contributed by atoms with Crippen molar-refractivity contribution in [3.8, 4) is 0 Å². The standard InChI is InChI=1S/C11H14N4OS/c1-7-5-9(17-8(7)2)11(16)12-4-3-10-13-6-14-15-10/h5-6H,3-4H2,1-2H3,(H,12,16)(H,13,14,15). The van der Waals surface area contributed by atoms with E-state index in [-0.39, 0.29) is 5.91 Å². The summed E-state index contributed by atoms with van der Waals surface area (Å²) in [6.45, 7) is 4.59. The molecule has 0 aliphatic heterocycles. The van der Waals surface area contributed by atoms with Crippen LogP contribution >= 0.6 is 11.3 Å². The lowest BCUT2D eigenvalue weighted by Gasteiger charge is -2.00. The minimum absolute atomic E-state index is 0.0225. The molecule has 0 saturated carbocycles. The third-order valence-corrected chi connectivity index (χ3v) is 3.65. The monoisotopic (exact) mass is 250 g/mol. The van der Waals surface area contributed by atoms with E-state index in [4.69, 9.17) is 0 Å². The van der Waals surface area contributed by atoms with Crippen molar-refractivity contribution < 1.29 is 4.79 Å². The average Bonchev–Trinajstić information content (AvgIpc) is 2.90. The maximum atomic E-state index is 11.8. The summed E-state index contributed by atoms with van der Waals surface area (Å²) in [7, 11) is 0. The molecule has 6 heteroatoms. The highest BCUT2D eigenvalue weighted by atomic mass is 32.1. The topological polar surface area (TPSA) is 70.7 Å². The zero-order valence-corrected chi connectivity index (χ0v) is 10.6. The van der Waals surface area contributed by atoms with Gasteiger partial charge in [-0.05, 0) is 25.5 Å². The highest BCUT2D eigenvalue weighted by Crippen LogP contribution is 2.20. The van der Waals surface area contributed by atoms with Gasteiger partial charge in [0.2, 0.25) is 0 Å². The van der Waals surface area contributed by atoms with E-state index in [1.807, 2.05) is 19.9 Å². The minimum atomic E-state index is -0.0225. The van der Waals surface area contributed by atoms with Crippen molar-refractivity contribution in [1.82, 2.24) is 20.5 Å². The number of nitrogens with one attached hydrogen (secondary N) is 2. The molecule has 2 N–H and O–H groups in total. The number of thiophene rings is 1. The Balaban J connectivity index is 1.85. The van der Waals surface area contributed by atoms with E-state index in [0.717, 1.165) is 16.3 Å². The Hall–Kier alpha value is -1.69. The number of carbonyl (C=O) groups excluding carboxylic acids is 1. The van der Waals surface area contributed by atoms with E-state index in [2.05, 4.69) is 20.5 Å². The van der Waals surface area contributed by atoms with E-state index in [9.17, 15) is 4.79 Å². The first-order valence-electron chi connectivity index (χ1n) is 5.36. The average molecular weight is 250 g/mol. The van der Waals surface area contributed by atoms with E-state index < -0.39 is 0 Å². The number of rotatable bonds is 4. The maximum Gasteiger partial charge on any atom is 0.261 e. The highest BCUT2D eigenvalue weighted by molar-refractivity contribution is 7.14. The second-order valence-corrected chi connectivity index (χ2v) is 5.04. The Morgan fingerprint density at radius 2 is 2.35 bits per heavy atom. The van der Waals surface area contributed by atoms with Crippen LogP contribution in [0.15, 0.2) is 12.4 Å². The molecule has 0 bridgehead atoms. The molecule has 90 valence electrons. The SMILES string of the molecule is Cc1cc(C(=O)NCCc2ncn[nH]2)sc1C. The van der Waals surface area contributed by atoms with Crippen LogP contribution in [0.3, 0.4) is 0 Å². The number of aromatic nitrogens is 3. The van der Waals surface area contributed by atoms with Gasteiger partial charge in [0.15, 0.2) is 0 Å². The van der Waals surface area contributed by atoms with Gasteiger partial charge in [-0.3, -0.25) is 9.89 Å². The molecule has 0 unspecified atom stereocenters. The Morgan fingerprint density at radius 3 is 2.94 bits per heavy atom. The Labute approximate surface area is 103 Å². The number of aromatic amines is 1. The van der Waals surface area contributed by atoms with Crippen molar-refractivity contribution in [3.63, 3.8) is 0 Å². The quantitative estimate of drug-likeness (QED) is 0.863. The maximum absolute atomic E-state index is 11.8. The number of hydrogen-bond donors (Lipinski definition) is 2. The summed E-state index contributed by atoms with van der Waals surface area (Å²) in [5, 5.41) is 9.36. The van der Waals surface area contributed by atoms with E-state index in [0.29, 0.717) is 13.0 Å². The molecule has 0 atom stereocenters. The van der Waals surface area contributed by atoms with Gasteiger partial charge in [-0.15, -0.1) is 11.3 Å². The summed E-state index contributed by atoms with van der Waals surface area (Å²) in [6.07, 6.45) is 2.12. The molecular formula is C11H14N4OS. The van der Waals surface area contributed by atoms with Gasteiger partial charge < -0.3 is 5.32 Å². The lowest BCUT2D eigenvalue weighted by molar-refractivity contribution is 0.0958. The molecule has 0 fully saturated rings. The van der Waals surface area contributed by atoms with Gasteiger partial charge >= 0.3 is 0 Å². The van der Waals surface area contributed by atoms with E-state index >= 15 is 0 Å². The first kappa shape index (κ1) is 11.8. The highest BCUT2D eigenvalue weighted by Gasteiger charge is 2.09. The minimum Gasteiger partial charge on any atom is -0.351 e. The molecule has 0 saturated heterocycles. The number of amides is 1. The van der Waals surface area contributed by atoms with Crippen molar-refractivity contribution in [3.05, 3.63) is 33.5 Å². The number of nitrogens with zero attached hydrogens (tertiary/aromatic N) is 2. The van der Waals surface area contributed by atoms with Gasteiger partial charge in [0.25, 0.3) is 5.91 Å². The first-order valence-corrected chi connectivity index (χ1v) is 6.18. The fourth-order valence-corrected chi connectivity index (χ4v) is 2.37. The molecule has 0 aliphatic carbocycles. The molecule has 1 amide bonds. The third-order valence-electron chi connectivity index (χ3n) is 2.50. The molecule has 5 nitrogen and oxygen atoms in total. The summed E-state index contributed by atoms with van der Waals surface area (Å²) < 4.78 is 0. The molecule has 0 aromatic carbocycles. The van der Waals surface area contributed by atoms with Crippen LogP contribution in [0.5, 0.6) is 0 Å². The largest absolute Gasteiger partial charge is 0.351 e. The van der Waals surface area contributed by atoms with E-state index in [1.165, 1.54) is 22.5 Å². The van der Waals surface area contributed by atoms with Gasteiger partial charge in [-0.25, -0.2) is 4.98 Å². The van der Waals surface area contributed by atoms with Gasteiger partial charge in [0.1, 0.15) is 12.2 Å². The van der Waals surface area contributed by atoms with Crippen LogP contribution < -0.4 is 5.32 Å². The second kappa shape index (κ2) is 5.09. The van der Waals surface area contributed by atoms with Crippen molar-refractivity contribution in [1.29, 1.82) is 0 Å². The molecule has 2 heterocycles. The predicted molar refractivity (Wildman–Crippen MR) is 66.2 cm³/mol. The molecule has 2 aromatic heterocycles. The van der Waals surface area contributed by atoms with Crippen LogP contribution in [-0.4, -0.2) is 27.6 Å². The first-order chi connectivity index (χ1) is 8.16. The summed E-state index contributed by atoms with van der Waals surface area (Å²) in [5.41, 5.74) is 1.16. The van der Waals surface area contributed by atoms with E-state index in [1.54, 1.807) is 0 Å². The fourth-order valence-electron chi connectivity index (χ4n) is 1.42. The molecule has 2 aromatic rings. The number of carbonyl (C=O) groups is 1. The van der Waals surface area contributed by atoms with Crippen molar-refractivity contribution in [2.75, 3.05) is 6.54 Å². The van der Waals surface area contributed by atoms with Crippen LogP contribution in [0.1, 0.15) is 25.9 Å². The van der Waals surface area contributed by atoms with Crippen LogP contribution in [-0.2, 0) is 6.42 Å². The Bertz CT molecular complexity index is 484. The summed E-state index contributed by atoms with van der Waals surface area (Å²) >= 11 is 1.52. The van der Waals surface area contributed by atoms with Gasteiger partial charge in [0, 0.05) is 17.8 Å². The Kier molecular flexibility index (Phi) is 3.53.